The fourth-order valence-corrected chi connectivity index (χ4v) is 2.82. The third-order valence-corrected chi connectivity index (χ3v) is 4.44. The van der Waals surface area contributed by atoms with E-state index < -0.39 is 11.8 Å². The first-order valence-corrected chi connectivity index (χ1v) is 9.28. The molecule has 146 valence electrons. The summed E-state index contributed by atoms with van der Waals surface area (Å²) in [6, 6.07) is 12.7. The summed E-state index contributed by atoms with van der Waals surface area (Å²) in [4.78, 5) is 25.1. The molecule has 6 heteroatoms. The molecule has 1 aliphatic rings. The maximum Gasteiger partial charge on any atom is 0.282 e. The van der Waals surface area contributed by atoms with E-state index in [4.69, 9.17) is 9.47 Å². The van der Waals surface area contributed by atoms with E-state index in [-0.39, 0.29) is 5.57 Å². The monoisotopic (exact) mass is 380 g/mol. The van der Waals surface area contributed by atoms with Gasteiger partial charge in [-0.05, 0) is 49.2 Å². The lowest BCUT2D eigenvalue weighted by Crippen LogP contribution is -2.35. The van der Waals surface area contributed by atoms with Crippen molar-refractivity contribution in [2.75, 3.05) is 18.7 Å². The molecule has 1 saturated heterocycles. The number of amides is 2. The van der Waals surface area contributed by atoms with Gasteiger partial charge in [-0.2, -0.15) is 0 Å². The average Bonchev–Trinajstić information content (AvgIpc) is 2.98. The number of nitrogens with zero attached hydrogens (tertiary/aromatic N) is 1. The Balaban J connectivity index is 1.83. The molecule has 3 rings (SSSR count). The Kier molecular flexibility index (Phi) is 5.99. The first-order valence-electron chi connectivity index (χ1n) is 9.28. The van der Waals surface area contributed by atoms with Crippen LogP contribution in [-0.2, 0) is 9.59 Å². The number of aryl methyl sites for hydroxylation is 1. The average molecular weight is 380 g/mol. The number of benzene rings is 2. The van der Waals surface area contributed by atoms with Crippen LogP contribution in [0.15, 0.2) is 48.0 Å². The van der Waals surface area contributed by atoms with Crippen molar-refractivity contribution < 1.29 is 19.1 Å². The maximum absolute atomic E-state index is 12.7. The molecule has 0 bridgehead atoms. The summed E-state index contributed by atoms with van der Waals surface area (Å²) in [5, 5.41) is 1.26. The molecule has 0 atom stereocenters. The molecule has 1 aliphatic heterocycles. The molecule has 0 saturated carbocycles. The van der Waals surface area contributed by atoms with Crippen LogP contribution in [0.5, 0.6) is 11.5 Å². The van der Waals surface area contributed by atoms with Crippen LogP contribution in [0.25, 0.3) is 6.08 Å². The van der Waals surface area contributed by atoms with Gasteiger partial charge in [0, 0.05) is 0 Å². The Morgan fingerprint density at radius 3 is 2.50 bits per heavy atom. The van der Waals surface area contributed by atoms with E-state index in [0.717, 1.165) is 18.4 Å². The second-order valence-electron chi connectivity index (χ2n) is 6.59. The van der Waals surface area contributed by atoms with Gasteiger partial charge in [0.25, 0.3) is 11.8 Å². The van der Waals surface area contributed by atoms with Gasteiger partial charge in [-0.25, -0.2) is 5.01 Å². The molecule has 0 radical (unpaired) electrons. The quantitative estimate of drug-likeness (QED) is 0.452. The van der Waals surface area contributed by atoms with Crippen molar-refractivity contribution in [2.45, 2.75) is 26.7 Å². The lowest BCUT2D eigenvalue weighted by molar-refractivity contribution is -0.117. The number of ether oxygens (including phenoxy) is 2. The third kappa shape index (κ3) is 4.17. The molecule has 2 aromatic carbocycles. The van der Waals surface area contributed by atoms with Gasteiger partial charge in [0.1, 0.15) is 5.57 Å². The van der Waals surface area contributed by atoms with Gasteiger partial charge in [-0.1, -0.05) is 37.1 Å². The van der Waals surface area contributed by atoms with E-state index in [1.807, 2.05) is 19.1 Å². The molecule has 1 fully saturated rings. The number of hydrogen-bond acceptors (Lipinski definition) is 4. The number of anilines is 1. The highest BCUT2D eigenvalue weighted by atomic mass is 16.5. The molecule has 1 N–H and O–H groups in total. The van der Waals surface area contributed by atoms with Crippen molar-refractivity contribution in [3.8, 4) is 11.5 Å². The summed E-state index contributed by atoms with van der Waals surface area (Å²) in [6.45, 7) is 4.67. The van der Waals surface area contributed by atoms with E-state index in [2.05, 4.69) is 12.3 Å². The smallest absolute Gasteiger partial charge is 0.282 e. The summed E-state index contributed by atoms with van der Waals surface area (Å²) in [5.41, 5.74) is 5.05. The maximum atomic E-state index is 12.7. The molecule has 2 aromatic rings. The lowest BCUT2D eigenvalue weighted by Gasteiger charge is -2.14. The first-order chi connectivity index (χ1) is 13.5. The van der Waals surface area contributed by atoms with Gasteiger partial charge in [-0.3, -0.25) is 15.0 Å². The normalized spacial score (nSPS) is 15.1. The molecule has 0 aromatic heterocycles. The van der Waals surface area contributed by atoms with E-state index in [0.29, 0.717) is 29.4 Å². The van der Waals surface area contributed by atoms with Crippen LogP contribution in [0.2, 0.25) is 0 Å². The third-order valence-electron chi connectivity index (χ3n) is 4.44. The van der Waals surface area contributed by atoms with Crippen molar-refractivity contribution in [1.82, 2.24) is 5.43 Å². The predicted molar refractivity (Wildman–Crippen MR) is 108 cm³/mol. The van der Waals surface area contributed by atoms with Crippen LogP contribution in [0.4, 0.5) is 5.69 Å². The molecular formula is C22H24N2O4. The van der Waals surface area contributed by atoms with Crippen molar-refractivity contribution >= 4 is 23.6 Å². The number of hydrazine groups is 1. The van der Waals surface area contributed by atoms with Crippen LogP contribution < -0.4 is 19.9 Å². The highest BCUT2D eigenvalue weighted by Gasteiger charge is 2.34. The number of nitrogens with one attached hydrogen (secondary N) is 1. The Morgan fingerprint density at radius 2 is 1.82 bits per heavy atom. The van der Waals surface area contributed by atoms with Crippen LogP contribution >= 0.6 is 0 Å². The number of methoxy groups -OCH3 is 1. The van der Waals surface area contributed by atoms with E-state index in [9.17, 15) is 9.59 Å². The highest BCUT2D eigenvalue weighted by molar-refractivity contribution is 6.31. The summed E-state index contributed by atoms with van der Waals surface area (Å²) >= 11 is 0. The highest BCUT2D eigenvalue weighted by Crippen LogP contribution is 2.30. The van der Waals surface area contributed by atoms with Crippen LogP contribution in [0, 0.1) is 6.92 Å². The first kappa shape index (κ1) is 19.5. The number of carbonyl (C=O) groups excluding carboxylic acids is 2. The fraction of sp³-hybridized carbons (Fsp3) is 0.273. The molecule has 0 unspecified atom stereocenters. The van der Waals surface area contributed by atoms with Gasteiger partial charge in [-0.15, -0.1) is 0 Å². The molecule has 2 amide bonds. The lowest BCUT2D eigenvalue weighted by atomic mass is 10.1. The number of rotatable bonds is 7. The Bertz CT molecular complexity index is 903. The van der Waals surface area contributed by atoms with Crippen LogP contribution in [0.3, 0.4) is 0 Å². The minimum Gasteiger partial charge on any atom is -0.493 e. The number of unbranched alkanes of at least 4 members (excludes halogenated alkanes) is 1. The fourth-order valence-electron chi connectivity index (χ4n) is 2.82. The second kappa shape index (κ2) is 8.61. The van der Waals surface area contributed by atoms with E-state index >= 15 is 0 Å². The predicted octanol–water partition coefficient (Wildman–Crippen LogP) is 3.64. The summed E-state index contributed by atoms with van der Waals surface area (Å²) in [6.07, 6.45) is 3.56. The van der Waals surface area contributed by atoms with Crippen molar-refractivity contribution in [1.29, 1.82) is 0 Å². The topological polar surface area (TPSA) is 67.9 Å². The molecule has 1 heterocycles. The van der Waals surface area contributed by atoms with Crippen molar-refractivity contribution in [3.63, 3.8) is 0 Å². The Labute approximate surface area is 164 Å². The molecule has 0 aliphatic carbocycles. The SMILES string of the molecule is CCCCOc1ccc(C=C2C(=O)NN(c3ccc(C)cc3)C2=O)cc1OC. The van der Waals surface area contributed by atoms with Crippen molar-refractivity contribution in [2.24, 2.45) is 0 Å². The molecule has 0 spiro atoms. The molecule has 28 heavy (non-hydrogen) atoms. The minimum atomic E-state index is -0.437. The van der Waals surface area contributed by atoms with Crippen LogP contribution in [-0.4, -0.2) is 25.5 Å². The molecule has 6 nitrogen and oxygen atoms in total. The zero-order valence-electron chi connectivity index (χ0n) is 16.3. The van der Waals surface area contributed by atoms with Gasteiger partial charge >= 0.3 is 0 Å². The van der Waals surface area contributed by atoms with Gasteiger partial charge in [0.05, 0.1) is 19.4 Å². The second-order valence-corrected chi connectivity index (χ2v) is 6.59. The zero-order valence-corrected chi connectivity index (χ0v) is 16.3. The summed E-state index contributed by atoms with van der Waals surface area (Å²) < 4.78 is 11.1. The molecular weight excluding hydrogens is 356 g/mol. The van der Waals surface area contributed by atoms with Gasteiger partial charge < -0.3 is 9.47 Å². The van der Waals surface area contributed by atoms with Gasteiger partial charge in [0.2, 0.25) is 0 Å². The Morgan fingerprint density at radius 1 is 1.07 bits per heavy atom. The number of carbonyl (C=O) groups is 2. The van der Waals surface area contributed by atoms with E-state index in [1.54, 1.807) is 43.5 Å². The van der Waals surface area contributed by atoms with Crippen molar-refractivity contribution in [3.05, 3.63) is 59.2 Å². The largest absolute Gasteiger partial charge is 0.493 e. The van der Waals surface area contributed by atoms with Crippen LogP contribution in [0.1, 0.15) is 30.9 Å². The zero-order chi connectivity index (χ0) is 20.1. The van der Waals surface area contributed by atoms with Gasteiger partial charge in [0.15, 0.2) is 11.5 Å². The minimum absolute atomic E-state index is 0.0716. The van der Waals surface area contributed by atoms with E-state index in [1.165, 1.54) is 5.01 Å². The summed E-state index contributed by atoms with van der Waals surface area (Å²) in [7, 11) is 1.56. The summed E-state index contributed by atoms with van der Waals surface area (Å²) in [5.74, 6) is 0.372. The standard InChI is InChI=1S/C22H24N2O4/c1-4-5-12-28-19-11-8-16(14-20(19)27-3)13-18-21(25)23-24(22(18)26)17-9-6-15(2)7-10-17/h6-11,13-14H,4-5,12H2,1-3H3,(H,23,25). The number of hydrogen-bond donors (Lipinski definition) is 1. The Hall–Kier alpha value is -3.28.